The third-order valence-corrected chi connectivity index (χ3v) is 3.68. The van der Waals surface area contributed by atoms with E-state index in [9.17, 15) is 10.1 Å². The van der Waals surface area contributed by atoms with Crippen molar-refractivity contribution in [1.29, 1.82) is 5.26 Å². The van der Waals surface area contributed by atoms with Gasteiger partial charge in [-0.2, -0.15) is 5.26 Å². The van der Waals surface area contributed by atoms with Crippen LogP contribution >= 0.6 is 0 Å². The van der Waals surface area contributed by atoms with E-state index in [0.717, 1.165) is 6.42 Å². The molecule has 2 aromatic rings. The van der Waals surface area contributed by atoms with Crippen molar-refractivity contribution < 1.29 is 19.0 Å². The van der Waals surface area contributed by atoms with Gasteiger partial charge in [0.15, 0.2) is 11.5 Å². The number of amides is 1. The molecule has 0 fully saturated rings. The maximum atomic E-state index is 12.5. The highest BCUT2D eigenvalue weighted by molar-refractivity contribution is 6.10. The predicted octanol–water partition coefficient (Wildman–Crippen LogP) is 4.04. The first-order valence-corrected chi connectivity index (χ1v) is 8.50. The summed E-state index contributed by atoms with van der Waals surface area (Å²) in [5.74, 6) is 1.16. The molecule has 6 heteroatoms. The molecule has 0 heterocycles. The first kappa shape index (κ1) is 19.9. The van der Waals surface area contributed by atoms with Gasteiger partial charge in [0.05, 0.1) is 26.5 Å². The van der Waals surface area contributed by atoms with Crippen LogP contribution in [0.3, 0.4) is 0 Å². The van der Waals surface area contributed by atoms with Crippen molar-refractivity contribution in [2.45, 2.75) is 13.3 Å². The number of nitriles is 1. The molecule has 6 nitrogen and oxygen atoms in total. The quantitative estimate of drug-likeness (QED) is 0.563. The molecule has 1 N–H and O–H groups in total. The summed E-state index contributed by atoms with van der Waals surface area (Å²) in [5.41, 5.74) is 1.11. The number of anilines is 1. The fraction of sp³-hybridized carbons (Fsp3) is 0.238. The van der Waals surface area contributed by atoms with Crippen LogP contribution in [-0.2, 0) is 4.79 Å². The minimum Gasteiger partial charge on any atom is -0.495 e. The molecule has 0 saturated heterocycles. The zero-order valence-corrected chi connectivity index (χ0v) is 15.6. The molecule has 0 aliphatic heterocycles. The minimum absolute atomic E-state index is 0.0369. The summed E-state index contributed by atoms with van der Waals surface area (Å²) in [7, 11) is 3.06. The van der Waals surface area contributed by atoms with Gasteiger partial charge in [0.1, 0.15) is 17.4 Å². The zero-order valence-electron chi connectivity index (χ0n) is 15.6. The van der Waals surface area contributed by atoms with Gasteiger partial charge in [0, 0.05) is 0 Å². The third-order valence-electron chi connectivity index (χ3n) is 3.68. The number of nitrogens with zero attached hydrogens (tertiary/aromatic N) is 1. The molecule has 2 rings (SSSR count). The van der Waals surface area contributed by atoms with Crippen LogP contribution in [0.5, 0.6) is 17.2 Å². The molecule has 0 saturated carbocycles. The van der Waals surface area contributed by atoms with E-state index in [1.165, 1.54) is 13.2 Å². The fourth-order valence-electron chi connectivity index (χ4n) is 2.36. The number of methoxy groups -OCH3 is 2. The molecular formula is C21H22N2O4. The van der Waals surface area contributed by atoms with Gasteiger partial charge in [-0.25, -0.2) is 0 Å². The van der Waals surface area contributed by atoms with Gasteiger partial charge in [-0.15, -0.1) is 0 Å². The van der Waals surface area contributed by atoms with Crippen LogP contribution in [-0.4, -0.2) is 26.7 Å². The molecule has 0 aliphatic carbocycles. The second kappa shape index (κ2) is 9.88. The number of benzene rings is 2. The summed E-state index contributed by atoms with van der Waals surface area (Å²) in [6.07, 6.45) is 2.38. The molecule has 0 atom stereocenters. The lowest BCUT2D eigenvalue weighted by atomic mass is 10.1. The van der Waals surface area contributed by atoms with Gasteiger partial charge in [-0.3, -0.25) is 4.79 Å². The van der Waals surface area contributed by atoms with E-state index in [4.69, 9.17) is 14.2 Å². The van der Waals surface area contributed by atoms with Crippen LogP contribution in [0, 0.1) is 11.3 Å². The van der Waals surface area contributed by atoms with Gasteiger partial charge in [-0.1, -0.05) is 25.1 Å². The van der Waals surface area contributed by atoms with E-state index in [1.54, 1.807) is 49.6 Å². The molecule has 0 aromatic heterocycles. The summed E-state index contributed by atoms with van der Waals surface area (Å²) >= 11 is 0. The molecular weight excluding hydrogens is 344 g/mol. The van der Waals surface area contributed by atoms with Crippen LogP contribution in [0.2, 0.25) is 0 Å². The lowest BCUT2D eigenvalue weighted by Crippen LogP contribution is -2.14. The first-order valence-electron chi connectivity index (χ1n) is 8.50. The van der Waals surface area contributed by atoms with Crippen molar-refractivity contribution in [3.8, 4) is 23.3 Å². The highest BCUT2D eigenvalue weighted by Crippen LogP contribution is 2.29. The highest BCUT2D eigenvalue weighted by Gasteiger charge is 2.13. The van der Waals surface area contributed by atoms with E-state index in [1.807, 2.05) is 13.0 Å². The molecule has 0 unspecified atom stereocenters. The molecule has 140 valence electrons. The van der Waals surface area contributed by atoms with Crippen molar-refractivity contribution in [3.63, 3.8) is 0 Å². The Balaban J connectivity index is 2.24. The van der Waals surface area contributed by atoms with Gasteiger partial charge in [0.25, 0.3) is 5.91 Å². The second-order valence-corrected chi connectivity index (χ2v) is 5.58. The van der Waals surface area contributed by atoms with Crippen LogP contribution in [0.15, 0.2) is 48.0 Å². The summed E-state index contributed by atoms with van der Waals surface area (Å²) in [5, 5.41) is 12.1. The van der Waals surface area contributed by atoms with E-state index < -0.39 is 5.91 Å². The van der Waals surface area contributed by atoms with Crippen LogP contribution in [0.25, 0.3) is 6.08 Å². The Morgan fingerprint density at radius 2 is 1.85 bits per heavy atom. The molecule has 0 aliphatic rings. The number of hydrogen-bond donors (Lipinski definition) is 1. The molecule has 1 amide bonds. The van der Waals surface area contributed by atoms with Crippen LogP contribution < -0.4 is 19.5 Å². The van der Waals surface area contributed by atoms with Crippen LogP contribution in [0.4, 0.5) is 5.69 Å². The van der Waals surface area contributed by atoms with Gasteiger partial charge in [-0.05, 0) is 42.3 Å². The SMILES string of the molecule is CCCOc1ccc(/C=C(\C#N)C(=O)Nc2ccccc2OC)cc1OC. The monoisotopic (exact) mass is 366 g/mol. The Morgan fingerprint density at radius 1 is 1.11 bits per heavy atom. The zero-order chi connectivity index (χ0) is 19.6. The smallest absolute Gasteiger partial charge is 0.266 e. The van der Waals surface area contributed by atoms with E-state index >= 15 is 0 Å². The Morgan fingerprint density at radius 3 is 2.52 bits per heavy atom. The van der Waals surface area contributed by atoms with Crippen molar-refractivity contribution in [2.75, 3.05) is 26.1 Å². The lowest BCUT2D eigenvalue weighted by molar-refractivity contribution is -0.112. The molecule has 0 radical (unpaired) electrons. The Hall–Kier alpha value is -3.46. The lowest BCUT2D eigenvalue weighted by Gasteiger charge is -2.11. The van der Waals surface area contributed by atoms with Gasteiger partial charge >= 0.3 is 0 Å². The number of hydrogen-bond acceptors (Lipinski definition) is 5. The van der Waals surface area contributed by atoms with E-state index in [0.29, 0.717) is 35.1 Å². The third kappa shape index (κ3) is 5.25. The highest BCUT2D eigenvalue weighted by atomic mass is 16.5. The summed E-state index contributed by atoms with van der Waals surface area (Å²) < 4.78 is 16.1. The van der Waals surface area contributed by atoms with Crippen molar-refractivity contribution in [2.24, 2.45) is 0 Å². The summed E-state index contributed by atoms with van der Waals surface area (Å²) in [6, 6.07) is 14.2. The average Bonchev–Trinajstić information content (AvgIpc) is 2.71. The van der Waals surface area contributed by atoms with E-state index in [2.05, 4.69) is 5.32 Å². The number of rotatable bonds is 8. The van der Waals surface area contributed by atoms with Crippen molar-refractivity contribution in [1.82, 2.24) is 0 Å². The Bertz CT molecular complexity index is 869. The first-order chi connectivity index (χ1) is 13.1. The summed E-state index contributed by atoms with van der Waals surface area (Å²) in [4.78, 5) is 12.5. The van der Waals surface area contributed by atoms with Crippen LogP contribution in [0.1, 0.15) is 18.9 Å². The summed E-state index contributed by atoms with van der Waals surface area (Å²) in [6.45, 7) is 2.60. The topological polar surface area (TPSA) is 80.6 Å². The number of ether oxygens (including phenoxy) is 3. The van der Waals surface area contributed by atoms with Gasteiger partial charge < -0.3 is 19.5 Å². The number of nitrogens with one attached hydrogen (secondary N) is 1. The Kier molecular flexibility index (Phi) is 7.26. The average molecular weight is 366 g/mol. The normalized spacial score (nSPS) is 10.7. The maximum Gasteiger partial charge on any atom is 0.266 e. The maximum absolute atomic E-state index is 12.5. The molecule has 2 aromatic carbocycles. The largest absolute Gasteiger partial charge is 0.495 e. The molecule has 27 heavy (non-hydrogen) atoms. The standard InChI is InChI=1S/C21H22N2O4/c1-4-11-27-19-10-9-15(13-20(19)26-3)12-16(14-22)21(24)23-17-7-5-6-8-18(17)25-2/h5-10,12-13H,4,11H2,1-3H3,(H,23,24)/b16-12+. The predicted molar refractivity (Wildman–Crippen MR) is 104 cm³/mol. The molecule has 0 bridgehead atoms. The number of carbonyl (C=O) groups excluding carboxylic acids is 1. The van der Waals surface area contributed by atoms with E-state index in [-0.39, 0.29) is 5.57 Å². The van der Waals surface area contributed by atoms with Gasteiger partial charge in [0.2, 0.25) is 0 Å². The molecule has 0 spiro atoms. The number of carbonyl (C=O) groups is 1. The second-order valence-electron chi connectivity index (χ2n) is 5.58. The number of para-hydroxylation sites is 2. The Labute approximate surface area is 159 Å². The van der Waals surface area contributed by atoms with Crippen molar-refractivity contribution in [3.05, 3.63) is 53.6 Å². The van der Waals surface area contributed by atoms with Crippen molar-refractivity contribution >= 4 is 17.7 Å². The fourth-order valence-corrected chi connectivity index (χ4v) is 2.36. The minimum atomic E-state index is -0.521.